The fourth-order valence-corrected chi connectivity index (χ4v) is 3.73. The molecule has 21 heavy (non-hydrogen) atoms. The van der Waals surface area contributed by atoms with E-state index in [1.54, 1.807) is 24.3 Å². The first-order chi connectivity index (χ1) is 9.91. The Bertz CT molecular complexity index is 719. The summed E-state index contributed by atoms with van der Waals surface area (Å²) in [5, 5.41) is -0.867. The van der Waals surface area contributed by atoms with Gasteiger partial charge in [0.15, 0.2) is 17.4 Å². The normalized spacial score (nSPS) is 13.7. The minimum Gasteiger partial charge on any atom is -0.293 e. The topological polar surface area (TPSA) is 34.1 Å². The van der Waals surface area contributed by atoms with Gasteiger partial charge in [-0.1, -0.05) is 12.1 Å². The number of carbonyl (C=O) groups excluding carboxylic acids is 1. The summed E-state index contributed by atoms with van der Waals surface area (Å²) in [5.74, 6) is -2.62. The van der Waals surface area contributed by atoms with E-state index >= 15 is 0 Å². The summed E-state index contributed by atoms with van der Waals surface area (Å²) in [4.78, 5) is 12.7. The summed E-state index contributed by atoms with van der Waals surface area (Å²) in [7, 11) is -1.59. The van der Waals surface area contributed by atoms with Crippen LogP contribution in [0.15, 0.2) is 51.8 Å². The van der Waals surface area contributed by atoms with E-state index in [1.165, 1.54) is 13.0 Å². The van der Waals surface area contributed by atoms with E-state index in [-0.39, 0.29) is 5.56 Å². The molecule has 0 aliphatic rings. The molecule has 0 spiro atoms. The Kier molecular flexibility index (Phi) is 5.00. The van der Waals surface area contributed by atoms with Crippen LogP contribution in [0.2, 0.25) is 0 Å². The minimum absolute atomic E-state index is 0.00167. The van der Waals surface area contributed by atoms with Gasteiger partial charge in [-0.2, -0.15) is 0 Å². The maximum Gasteiger partial charge on any atom is 0.178 e. The second-order valence-corrected chi connectivity index (χ2v) is 6.96. The summed E-state index contributed by atoms with van der Waals surface area (Å²) in [6.07, 6.45) is 0. The van der Waals surface area contributed by atoms with Gasteiger partial charge < -0.3 is 0 Å². The maximum absolute atomic E-state index is 13.2. The second kappa shape index (κ2) is 6.58. The Morgan fingerprint density at radius 2 is 1.81 bits per heavy atom. The first-order valence-electron chi connectivity index (χ1n) is 6.06. The number of ketones is 1. The maximum atomic E-state index is 13.2. The molecule has 2 nitrogen and oxygen atoms in total. The van der Waals surface area contributed by atoms with Crippen LogP contribution in [0.4, 0.5) is 8.78 Å². The van der Waals surface area contributed by atoms with Gasteiger partial charge in [0.2, 0.25) is 0 Å². The van der Waals surface area contributed by atoms with Gasteiger partial charge in [0.05, 0.1) is 20.9 Å². The van der Waals surface area contributed by atoms with Crippen LogP contribution in [0.3, 0.4) is 0 Å². The van der Waals surface area contributed by atoms with E-state index < -0.39 is 33.5 Å². The standard InChI is InChI=1S/C15H11BrF2O2S/c1-9(21(20)14-5-3-2-4-11(14)16)15(19)10-6-7-12(17)13(18)8-10/h2-9H,1H3. The number of halogens is 3. The molecule has 110 valence electrons. The van der Waals surface area contributed by atoms with Gasteiger partial charge in [0.1, 0.15) is 0 Å². The monoisotopic (exact) mass is 372 g/mol. The molecule has 0 saturated carbocycles. The van der Waals surface area contributed by atoms with Gasteiger partial charge in [-0.25, -0.2) is 8.78 Å². The van der Waals surface area contributed by atoms with Crippen LogP contribution >= 0.6 is 15.9 Å². The van der Waals surface area contributed by atoms with E-state index in [9.17, 15) is 17.8 Å². The molecule has 0 heterocycles. The predicted octanol–water partition coefficient (Wildman–Crippen LogP) is 4.11. The van der Waals surface area contributed by atoms with Crippen molar-refractivity contribution in [2.24, 2.45) is 0 Å². The van der Waals surface area contributed by atoms with Crippen LogP contribution in [-0.2, 0) is 10.8 Å². The lowest BCUT2D eigenvalue weighted by Gasteiger charge is -2.12. The van der Waals surface area contributed by atoms with Gasteiger partial charge in [-0.3, -0.25) is 9.00 Å². The summed E-state index contributed by atoms with van der Waals surface area (Å²) in [6.45, 7) is 1.50. The largest absolute Gasteiger partial charge is 0.293 e. The van der Waals surface area contributed by atoms with Crippen LogP contribution in [0, 0.1) is 11.6 Å². The fraction of sp³-hybridized carbons (Fsp3) is 0.133. The summed E-state index contributed by atoms with van der Waals surface area (Å²) in [6, 6.07) is 9.76. The molecule has 0 N–H and O–H groups in total. The zero-order valence-corrected chi connectivity index (χ0v) is 13.4. The SMILES string of the molecule is CC(C(=O)c1ccc(F)c(F)c1)S(=O)c1ccccc1Br. The molecule has 2 aromatic rings. The molecule has 0 saturated heterocycles. The van der Waals surface area contributed by atoms with Crippen molar-refractivity contribution in [1.82, 2.24) is 0 Å². The molecule has 0 fully saturated rings. The molecule has 2 atom stereocenters. The van der Waals surface area contributed by atoms with Gasteiger partial charge in [-0.15, -0.1) is 0 Å². The van der Waals surface area contributed by atoms with Gasteiger partial charge in [0.25, 0.3) is 0 Å². The van der Waals surface area contributed by atoms with Crippen molar-refractivity contribution in [3.8, 4) is 0 Å². The van der Waals surface area contributed by atoms with Crippen LogP contribution in [-0.4, -0.2) is 15.2 Å². The Labute approximate surface area is 131 Å². The molecule has 2 unspecified atom stereocenters. The summed E-state index contributed by atoms with van der Waals surface area (Å²) < 4.78 is 39.1. The highest BCUT2D eigenvalue weighted by Crippen LogP contribution is 2.23. The van der Waals surface area contributed by atoms with E-state index in [0.717, 1.165) is 12.1 Å². The molecule has 2 aromatic carbocycles. The number of benzene rings is 2. The van der Waals surface area contributed by atoms with Crippen LogP contribution < -0.4 is 0 Å². The molecule has 6 heteroatoms. The van der Waals surface area contributed by atoms with Crippen molar-refractivity contribution in [2.45, 2.75) is 17.1 Å². The Morgan fingerprint density at radius 3 is 2.43 bits per heavy atom. The smallest absolute Gasteiger partial charge is 0.178 e. The van der Waals surface area contributed by atoms with Crippen LogP contribution in [0.5, 0.6) is 0 Å². The summed E-state index contributed by atoms with van der Waals surface area (Å²) >= 11 is 3.28. The lowest BCUT2D eigenvalue weighted by Crippen LogP contribution is -2.23. The van der Waals surface area contributed by atoms with E-state index in [1.807, 2.05) is 0 Å². The van der Waals surface area contributed by atoms with Crippen molar-refractivity contribution in [2.75, 3.05) is 0 Å². The third kappa shape index (κ3) is 3.44. The molecule has 0 amide bonds. The van der Waals surface area contributed by atoms with Gasteiger partial charge >= 0.3 is 0 Å². The average molecular weight is 373 g/mol. The highest BCUT2D eigenvalue weighted by molar-refractivity contribution is 9.10. The zero-order chi connectivity index (χ0) is 15.6. The molecular formula is C15H11BrF2O2S. The molecule has 0 aliphatic heterocycles. The first kappa shape index (κ1) is 16.0. The predicted molar refractivity (Wildman–Crippen MR) is 80.7 cm³/mol. The first-order valence-corrected chi connectivity index (χ1v) is 8.06. The molecule has 0 aromatic heterocycles. The quantitative estimate of drug-likeness (QED) is 0.756. The number of hydrogen-bond acceptors (Lipinski definition) is 2. The highest BCUT2D eigenvalue weighted by Gasteiger charge is 2.24. The van der Waals surface area contributed by atoms with Crippen LogP contribution in [0.25, 0.3) is 0 Å². The Balaban J connectivity index is 2.29. The van der Waals surface area contributed by atoms with Crippen molar-refractivity contribution in [1.29, 1.82) is 0 Å². The number of hydrogen-bond donors (Lipinski definition) is 0. The van der Waals surface area contributed by atoms with Crippen molar-refractivity contribution >= 4 is 32.5 Å². The lowest BCUT2D eigenvalue weighted by atomic mass is 10.1. The summed E-state index contributed by atoms with van der Waals surface area (Å²) in [5.41, 5.74) is 0.00167. The Morgan fingerprint density at radius 1 is 1.14 bits per heavy atom. The van der Waals surface area contributed by atoms with Crippen molar-refractivity contribution < 1.29 is 17.8 Å². The Hall–Kier alpha value is -1.40. The minimum atomic E-state index is -1.59. The molecule has 0 radical (unpaired) electrons. The molecule has 0 aliphatic carbocycles. The molecule has 2 rings (SSSR count). The lowest BCUT2D eigenvalue weighted by molar-refractivity contribution is 0.0992. The van der Waals surface area contributed by atoms with E-state index in [2.05, 4.69) is 15.9 Å². The van der Waals surface area contributed by atoms with Gasteiger partial charge in [0, 0.05) is 10.0 Å². The van der Waals surface area contributed by atoms with Crippen molar-refractivity contribution in [3.05, 3.63) is 64.1 Å². The van der Waals surface area contributed by atoms with Crippen LogP contribution in [0.1, 0.15) is 17.3 Å². The van der Waals surface area contributed by atoms with Gasteiger partial charge in [-0.05, 0) is 53.2 Å². The zero-order valence-electron chi connectivity index (χ0n) is 11.0. The van der Waals surface area contributed by atoms with E-state index in [0.29, 0.717) is 9.37 Å². The third-order valence-corrected chi connectivity index (χ3v) is 5.55. The second-order valence-electron chi connectivity index (χ2n) is 4.36. The van der Waals surface area contributed by atoms with Crippen molar-refractivity contribution in [3.63, 3.8) is 0 Å². The number of carbonyl (C=O) groups is 1. The molecular weight excluding hydrogens is 362 g/mol. The average Bonchev–Trinajstić information content (AvgIpc) is 2.48. The number of Topliss-reactive ketones (excluding diaryl/α,β-unsaturated/α-hetero) is 1. The fourth-order valence-electron chi connectivity index (χ4n) is 1.78. The molecule has 0 bridgehead atoms. The third-order valence-electron chi connectivity index (χ3n) is 2.95. The number of rotatable bonds is 4. The highest BCUT2D eigenvalue weighted by atomic mass is 79.9. The van der Waals surface area contributed by atoms with E-state index in [4.69, 9.17) is 0 Å².